The third kappa shape index (κ3) is 2.53. The van der Waals surface area contributed by atoms with Crippen molar-refractivity contribution in [2.75, 3.05) is 19.7 Å². The maximum absolute atomic E-state index is 11.9. The van der Waals surface area contributed by atoms with E-state index in [9.17, 15) is 4.79 Å². The molecule has 2 aliphatic rings. The molecule has 1 aliphatic carbocycles. The number of esters is 1. The zero-order valence-electron chi connectivity index (χ0n) is 13.6. The van der Waals surface area contributed by atoms with Crippen LogP contribution in [0.5, 0.6) is 0 Å². The number of hydrogen-bond acceptors (Lipinski definition) is 3. The molecule has 4 rings (SSSR count). The number of likely N-dealkylation sites (tertiary alicyclic amines) is 1. The van der Waals surface area contributed by atoms with Crippen LogP contribution in [0.4, 0.5) is 0 Å². The number of ether oxygens (including phenoxy) is 1. The highest BCUT2D eigenvalue weighted by Gasteiger charge is 2.33. The number of benzene rings is 2. The molecule has 1 aliphatic heterocycles. The molecule has 1 atom stereocenters. The summed E-state index contributed by atoms with van der Waals surface area (Å²) in [6, 6.07) is 13.8. The van der Waals surface area contributed by atoms with Crippen LogP contribution in [0.15, 0.2) is 36.4 Å². The van der Waals surface area contributed by atoms with Crippen LogP contribution >= 0.6 is 0 Å². The molecule has 3 heteroatoms. The molecule has 1 heterocycles. The standard InChI is InChI=1S/C20H23NO2/c1-2-23-20(22)15-9-11-21(12-10-15)18-13-16-7-3-5-14-6-4-8-17(18)19(14)16/h3-8,15,18H,2,9-13H2,1H3. The van der Waals surface area contributed by atoms with Gasteiger partial charge in [-0.2, -0.15) is 0 Å². The highest BCUT2D eigenvalue weighted by molar-refractivity contribution is 5.91. The van der Waals surface area contributed by atoms with E-state index in [0.29, 0.717) is 12.6 Å². The minimum absolute atomic E-state index is 0.0102. The number of rotatable bonds is 3. The van der Waals surface area contributed by atoms with Gasteiger partial charge in [-0.3, -0.25) is 9.69 Å². The highest BCUT2D eigenvalue weighted by Crippen LogP contribution is 2.41. The predicted molar refractivity (Wildman–Crippen MR) is 91.3 cm³/mol. The van der Waals surface area contributed by atoms with E-state index in [-0.39, 0.29) is 11.9 Å². The summed E-state index contributed by atoms with van der Waals surface area (Å²) in [4.78, 5) is 14.5. The number of carbonyl (C=O) groups excluding carboxylic acids is 1. The highest BCUT2D eigenvalue weighted by atomic mass is 16.5. The minimum Gasteiger partial charge on any atom is -0.466 e. The summed E-state index contributed by atoms with van der Waals surface area (Å²) in [5.74, 6) is 0.0785. The Kier molecular flexibility index (Phi) is 3.82. The molecule has 0 amide bonds. The topological polar surface area (TPSA) is 29.5 Å². The van der Waals surface area contributed by atoms with Gasteiger partial charge in [-0.15, -0.1) is 0 Å². The minimum atomic E-state index is -0.0102. The first-order chi connectivity index (χ1) is 11.3. The van der Waals surface area contributed by atoms with Crippen LogP contribution in [0.25, 0.3) is 10.8 Å². The van der Waals surface area contributed by atoms with E-state index >= 15 is 0 Å². The molecule has 1 saturated heterocycles. The lowest BCUT2D eigenvalue weighted by atomic mass is 9.94. The largest absolute Gasteiger partial charge is 0.466 e. The molecule has 3 nitrogen and oxygen atoms in total. The molecule has 1 unspecified atom stereocenters. The van der Waals surface area contributed by atoms with Crippen molar-refractivity contribution in [2.45, 2.75) is 32.2 Å². The quantitative estimate of drug-likeness (QED) is 0.810. The summed E-state index contributed by atoms with van der Waals surface area (Å²) < 4.78 is 5.18. The van der Waals surface area contributed by atoms with Gasteiger partial charge in [0.1, 0.15) is 0 Å². The first kappa shape index (κ1) is 14.7. The van der Waals surface area contributed by atoms with Crippen LogP contribution in [0.3, 0.4) is 0 Å². The van der Waals surface area contributed by atoms with Crippen molar-refractivity contribution in [2.24, 2.45) is 5.92 Å². The van der Waals surface area contributed by atoms with Crippen LogP contribution < -0.4 is 0 Å². The second-order valence-corrected chi connectivity index (χ2v) is 6.64. The van der Waals surface area contributed by atoms with E-state index in [0.717, 1.165) is 32.4 Å². The van der Waals surface area contributed by atoms with Crippen LogP contribution in [-0.2, 0) is 16.0 Å². The Morgan fingerprint density at radius 3 is 2.65 bits per heavy atom. The zero-order valence-corrected chi connectivity index (χ0v) is 13.6. The number of hydrogen-bond donors (Lipinski definition) is 0. The second-order valence-electron chi connectivity index (χ2n) is 6.64. The molecule has 0 radical (unpaired) electrons. The van der Waals surface area contributed by atoms with Gasteiger partial charge in [0.15, 0.2) is 0 Å². The molecule has 23 heavy (non-hydrogen) atoms. The summed E-state index contributed by atoms with van der Waals surface area (Å²) in [6.45, 7) is 4.33. The number of carbonyl (C=O) groups is 1. The smallest absolute Gasteiger partial charge is 0.309 e. The van der Waals surface area contributed by atoms with Crippen LogP contribution in [0, 0.1) is 5.92 Å². The first-order valence-electron chi connectivity index (χ1n) is 8.69. The van der Waals surface area contributed by atoms with Gasteiger partial charge in [0.2, 0.25) is 0 Å². The van der Waals surface area contributed by atoms with E-state index in [1.165, 1.54) is 21.9 Å². The third-order valence-electron chi connectivity index (χ3n) is 5.39. The van der Waals surface area contributed by atoms with Gasteiger partial charge in [-0.25, -0.2) is 0 Å². The van der Waals surface area contributed by atoms with Crippen LogP contribution in [0.2, 0.25) is 0 Å². The van der Waals surface area contributed by atoms with Gasteiger partial charge >= 0.3 is 5.97 Å². The Bertz CT molecular complexity index is 726. The fraction of sp³-hybridized carbons (Fsp3) is 0.450. The molecule has 0 N–H and O–H groups in total. The van der Waals surface area contributed by atoms with Crippen molar-refractivity contribution in [1.82, 2.24) is 4.90 Å². The Labute approximate surface area is 137 Å². The lowest BCUT2D eigenvalue weighted by molar-refractivity contribution is -0.149. The van der Waals surface area contributed by atoms with Gasteiger partial charge in [-0.05, 0) is 61.2 Å². The summed E-state index contributed by atoms with van der Waals surface area (Å²) >= 11 is 0. The van der Waals surface area contributed by atoms with Crippen LogP contribution in [0.1, 0.15) is 36.9 Å². The molecule has 0 saturated carbocycles. The molecular weight excluding hydrogens is 286 g/mol. The van der Waals surface area contributed by atoms with Crippen molar-refractivity contribution < 1.29 is 9.53 Å². The number of piperidine rings is 1. The lowest BCUT2D eigenvalue weighted by Gasteiger charge is -2.35. The van der Waals surface area contributed by atoms with Gasteiger partial charge in [0.25, 0.3) is 0 Å². The van der Waals surface area contributed by atoms with Gasteiger partial charge in [0.05, 0.1) is 12.5 Å². The van der Waals surface area contributed by atoms with Crippen molar-refractivity contribution in [3.8, 4) is 0 Å². The maximum atomic E-state index is 11.9. The molecule has 0 spiro atoms. The van der Waals surface area contributed by atoms with Crippen molar-refractivity contribution in [3.63, 3.8) is 0 Å². The maximum Gasteiger partial charge on any atom is 0.309 e. The summed E-state index contributed by atoms with van der Waals surface area (Å²) in [5.41, 5.74) is 2.93. The third-order valence-corrected chi connectivity index (χ3v) is 5.39. The van der Waals surface area contributed by atoms with Gasteiger partial charge < -0.3 is 4.74 Å². The lowest BCUT2D eigenvalue weighted by Crippen LogP contribution is -2.39. The average Bonchev–Trinajstić information content (AvgIpc) is 2.97. The van der Waals surface area contributed by atoms with Crippen molar-refractivity contribution >= 4 is 16.7 Å². The summed E-state index contributed by atoms with van der Waals surface area (Å²) in [6.07, 6.45) is 2.93. The Morgan fingerprint density at radius 2 is 1.91 bits per heavy atom. The van der Waals surface area contributed by atoms with E-state index in [4.69, 9.17) is 4.74 Å². The summed E-state index contributed by atoms with van der Waals surface area (Å²) in [5, 5.41) is 2.80. The van der Waals surface area contributed by atoms with E-state index < -0.39 is 0 Å². The molecule has 0 bridgehead atoms. The SMILES string of the molecule is CCOC(=O)C1CCN(C2Cc3cccc4cccc2c34)CC1. The average molecular weight is 309 g/mol. The zero-order chi connectivity index (χ0) is 15.8. The normalized spacial score (nSPS) is 21.7. The molecule has 0 aromatic heterocycles. The van der Waals surface area contributed by atoms with Crippen molar-refractivity contribution in [1.29, 1.82) is 0 Å². The second kappa shape index (κ2) is 5.97. The Balaban J connectivity index is 1.52. The van der Waals surface area contributed by atoms with E-state index in [1.54, 1.807) is 0 Å². The summed E-state index contributed by atoms with van der Waals surface area (Å²) in [7, 11) is 0. The molecule has 120 valence electrons. The molecular formula is C20H23NO2. The Morgan fingerprint density at radius 1 is 1.17 bits per heavy atom. The van der Waals surface area contributed by atoms with E-state index in [2.05, 4.69) is 41.3 Å². The monoisotopic (exact) mass is 309 g/mol. The fourth-order valence-corrected chi connectivity index (χ4v) is 4.25. The molecule has 2 aromatic rings. The van der Waals surface area contributed by atoms with Gasteiger partial charge in [-0.1, -0.05) is 36.4 Å². The van der Waals surface area contributed by atoms with Crippen molar-refractivity contribution in [3.05, 3.63) is 47.5 Å². The fourth-order valence-electron chi connectivity index (χ4n) is 4.25. The van der Waals surface area contributed by atoms with Gasteiger partial charge in [0, 0.05) is 6.04 Å². The van der Waals surface area contributed by atoms with E-state index in [1.807, 2.05) is 6.92 Å². The number of nitrogens with zero attached hydrogens (tertiary/aromatic N) is 1. The van der Waals surface area contributed by atoms with Crippen LogP contribution in [-0.4, -0.2) is 30.6 Å². The molecule has 2 aromatic carbocycles. The first-order valence-corrected chi connectivity index (χ1v) is 8.69. The Hall–Kier alpha value is -1.87. The molecule has 1 fully saturated rings. The predicted octanol–water partition coefficient (Wildman–Crippen LogP) is 3.71.